The minimum absolute atomic E-state index is 0.505. The minimum atomic E-state index is 0.505. The smallest absolute Gasteiger partial charge is 0.0321 e. The van der Waals surface area contributed by atoms with Crippen molar-refractivity contribution >= 4 is 11.8 Å². The van der Waals surface area contributed by atoms with Crippen LogP contribution in [0.3, 0.4) is 0 Å². The molecule has 0 aromatic rings. The van der Waals surface area contributed by atoms with Gasteiger partial charge in [0.05, 0.1) is 0 Å². The van der Waals surface area contributed by atoms with Crippen LogP contribution in [0.1, 0.15) is 6.92 Å². The third kappa shape index (κ3) is 2.54. The Labute approximate surface area is 43.3 Å². The molecule has 0 saturated carbocycles. The van der Waals surface area contributed by atoms with Crippen LogP contribution >= 0.6 is 11.8 Å². The Hall–Kier alpha value is 0.310. The zero-order valence-corrected chi connectivity index (χ0v) is 4.96. The Morgan fingerprint density at radius 2 is 2.33 bits per heavy atom. The van der Waals surface area contributed by atoms with E-state index in [9.17, 15) is 0 Å². The Morgan fingerprint density at radius 1 is 1.83 bits per heavy atom. The maximum atomic E-state index is 5.14. The molecule has 6 heavy (non-hydrogen) atoms. The van der Waals surface area contributed by atoms with Gasteiger partial charge in [-0.1, -0.05) is 6.92 Å². The Bertz CT molecular complexity index is 26.7. The summed E-state index contributed by atoms with van der Waals surface area (Å²) >= 11 is 1.74. The molecule has 1 nitrogen and oxygen atoms in total. The SMILES string of the molecule is CSC(C)[CH]N. The van der Waals surface area contributed by atoms with Gasteiger partial charge in [-0.25, -0.2) is 0 Å². The largest absolute Gasteiger partial charge is 0.325 e. The third-order valence-corrected chi connectivity index (χ3v) is 1.54. The van der Waals surface area contributed by atoms with Gasteiger partial charge >= 0.3 is 0 Å². The first-order valence-electron chi connectivity index (χ1n) is 1.89. The molecule has 0 aliphatic heterocycles. The molecule has 0 rings (SSSR count). The summed E-state index contributed by atoms with van der Waals surface area (Å²) in [5.41, 5.74) is 5.14. The number of rotatable bonds is 2. The predicted molar refractivity (Wildman–Crippen MR) is 31.5 cm³/mol. The molecule has 2 heteroatoms. The fourth-order valence-electron chi connectivity index (χ4n) is 0.0786. The molecule has 0 bridgehead atoms. The van der Waals surface area contributed by atoms with Gasteiger partial charge in [0, 0.05) is 11.8 Å². The second-order valence-electron chi connectivity index (χ2n) is 1.13. The summed E-state index contributed by atoms with van der Waals surface area (Å²) in [5.74, 6) is 0. The lowest BCUT2D eigenvalue weighted by Crippen LogP contribution is -2.03. The third-order valence-electron chi connectivity index (χ3n) is 0.643. The summed E-state index contributed by atoms with van der Waals surface area (Å²) in [5, 5.41) is 0.505. The van der Waals surface area contributed by atoms with Crippen LogP contribution in [0.15, 0.2) is 0 Å². The average molecular weight is 104 g/mol. The molecule has 37 valence electrons. The zero-order valence-electron chi connectivity index (χ0n) is 4.14. The van der Waals surface area contributed by atoms with Crippen molar-refractivity contribution in [2.45, 2.75) is 12.2 Å². The van der Waals surface area contributed by atoms with E-state index in [1.165, 1.54) is 0 Å². The molecular weight excluding hydrogens is 94.1 g/mol. The summed E-state index contributed by atoms with van der Waals surface area (Å²) in [7, 11) is 0. The Kier molecular flexibility index (Phi) is 3.68. The van der Waals surface area contributed by atoms with Crippen LogP contribution in [0.25, 0.3) is 0 Å². The Morgan fingerprint density at radius 3 is 2.33 bits per heavy atom. The summed E-state index contributed by atoms with van der Waals surface area (Å²) in [6, 6.07) is 0. The second-order valence-corrected chi connectivity index (χ2v) is 2.35. The lowest BCUT2D eigenvalue weighted by atomic mass is 10.5. The first kappa shape index (κ1) is 6.31. The number of nitrogens with two attached hydrogens (primary N) is 1. The van der Waals surface area contributed by atoms with E-state index in [2.05, 4.69) is 6.92 Å². The topological polar surface area (TPSA) is 26.0 Å². The number of thioether (sulfide) groups is 1. The van der Waals surface area contributed by atoms with Gasteiger partial charge in [0.1, 0.15) is 0 Å². The molecule has 1 unspecified atom stereocenters. The molecule has 2 N–H and O–H groups in total. The van der Waals surface area contributed by atoms with E-state index in [4.69, 9.17) is 5.73 Å². The summed E-state index contributed by atoms with van der Waals surface area (Å²) in [6.45, 7) is 3.75. The van der Waals surface area contributed by atoms with Crippen molar-refractivity contribution in [3.63, 3.8) is 0 Å². The van der Waals surface area contributed by atoms with Crippen molar-refractivity contribution in [2.24, 2.45) is 5.73 Å². The molecule has 0 saturated heterocycles. The highest BCUT2D eigenvalue weighted by atomic mass is 32.2. The van der Waals surface area contributed by atoms with E-state index >= 15 is 0 Å². The molecule has 1 radical (unpaired) electrons. The van der Waals surface area contributed by atoms with Gasteiger partial charge in [-0.2, -0.15) is 11.8 Å². The van der Waals surface area contributed by atoms with Gasteiger partial charge in [-0.15, -0.1) is 0 Å². The molecule has 0 aromatic carbocycles. The maximum Gasteiger partial charge on any atom is 0.0321 e. The van der Waals surface area contributed by atoms with Crippen LogP contribution in [-0.2, 0) is 0 Å². The van der Waals surface area contributed by atoms with Crippen LogP contribution in [0.2, 0.25) is 0 Å². The van der Waals surface area contributed by atoms with E-state index in [1.54, 1.807) is 18.3 Å². The summed E-state index contributed by atoms with van der Waals surface area (Å²) in [6.07, 6.45) is 2.04. The van der Waals surface area contributed by atoms with E-state index in [1.807, 2.05) is 6.26 Å². The summed E-state index contributed by atoms with van der Waals surface area (Å²) < 4.78 is 0. The first-order chi connectivity index (χ1) is 2.81. The van der Waals surface area contributed by atoms with Crippen LogP contribution in [0.5, 0.6) is 0 Å². The van der Waals surface area contributed by atoms with Gasteiger partial charge in [-0.05, 0) is 6.26 Å². The summed E-state index contributed by atoms with van der Waals surface area (Å²) in [4.78, 5) is 0. The highest BCUT2D eigenvalue weighted by Crippen LogP contribution is 2.03. The lowest BCUT2D eigenvalue weighted by Gasteiger charge is -1.98. The lowest BCUT2D eigenvalue weighted by molar-refractivity contribution is 1.09. The maximum absolute atomic E-state index is 5.14. The standard InChI is InChI=1S/C4H10NS/c1-4(3-5)6-2/h3-4H,5H2,1-2H3. The van der Waals surface area contributed by atoms with Crippen molar-refractivity contribution in [2.75, 3.05) is 6.26 Å². The van der Waals surface area contributed by atoms with Crippen molar-refractivity contribution < 1.29 is 0 Å². The zero-order chi connectivity index (χ0) is 4.99. The monoisotopic (exact) mass is 104 g/mol. The Balaban J connectivity index is 2.75. The fraction of sp³-hybridized carbons (Fsp3) is 0.750. The highest BCUT2D eigenvalue weighted by Gasteiger charge is 1.90. The van der Waals surface area contributed by atoms with Crippen molar-refractivity contribution in [3.8, 4) is 0 Å². The molecule has 0 spiro atoms. The minimum Gasteiger partial charge on any atom is -0.325 e. The van der Waals surface area contributed by atoms with Gasteiger partial charge in [0.2, 0.25) is 0 Å². The van der Waals surface area contributed by atoms with Crippen molar-refractivity contribution in [1.82, 2.24) is 0 Å². The molecular formula is C4H10NS. The van der Waals surface area contributed by atoms with E-state index in [0.29, 0.717) is 5.25 Å². The van der Waals surface area contributed by atoms with Crippen LogP contribution < -0.4 is 5.73 Å². The van der Waals surface area contributed by atoms with Crippen LogP contribution in [-0.4, -0.2) is 11.5 Å². The molecule has 0 aromatic heterocycles. The van der Waals surface area contributed by atoms with Gasteiger partial charge < -0.3 is 5.73 Å². The molecule has 0 amide bonds. The normalized spacial score (nSPS) is 14.5. The molecule has 0 aliphatic carbocycles. The van der Waals surface area contributed by atoms with Gasteiger partial charge in [0.15, 0.2) is 0 Å². The van der Waals surface area contributed by atoms with Crippen LogP contribution in [0, 0.1) is 6.54 Å². The molecule has 0 heterocycles. The van der Waals surface area contributed by atoms with E-state index in [-0.39, 0.29) is 0 Å². The highest BCUT2D eigenvalue weighted by molar-refractivity contribution is 7.99. The van der Waals surface area contributed by atoms with Crippen molar-refractivity contribution in [3.05, 3.63) is 6.54 Å². The fourth-order valence-corrected chi connectivity index (χ4v) is 0.236. The quantitative estimate of drug-likeness (QED) is 0.562. The first-order valence-corrected chi connectivity index (χ1v) is 3.18. The molecule has 1 atom stereocenters. The second kappa shape index (κ2) is 3.50. The predicted octanol–water partition coefficient (Wildman–Crippen LogP) is 0.858. The van der Waals surface area contributed by atoms with Crippen molar-refractivity contribution in [1.29, 1.82) is 0 Å². The number of hydrogen-bond acceptors (Lipinski definition) is 2. The average Bonchev–Trinajstić information content (AvgIpc) is 1.65. The van der Waals surface area contributed by atoms with Gasteiger partial charge in [-0.3, -0.25) is 0 Å². The van der Waals surface area contributed by atoms with E-state index in [0.717, 1.165) is 0 Å². The van der Waals surface area contributed by atoms with Crippen LogP contribution in [0.4, 0.5) is 0 Å². The number of hydrogen-bond donors (Lipinski definition) is 1. The van der Waals surface area contributed by atoms with E-state index < -0.39 is 0 Å². The molecule has 0 fully saturated rings. The van der Waals surface area contributed by atoms with Gasteiger partial charge in [0.25, 0.3) is 0 Å². The molecule has 0 aliphatic rings.